The van der Waals surface area contributed by atoms with Gasteiger partial charge in [-0.2, -0.15) is 0 Å². The first-order valence-electron chi connectivity index (χ1n) is 5.43. The molecule has 2 N–H and O–H groups in total. The van der Waals surface area contributed by atoms with Crippen molar-refractivity contribution in [3.8, 4) is 16.3 Å². The highest BCUT2D eigenvalue weighted by Gasteiger charge is 2.10. The fraction of sp³-hybridized carbons (Fsp3) is 0.0769. The highest BCUT2D eigenvalue weighted by molar-refractivity contribution is 7.21. The van der Waals surface area contributed by atoms with E-state index in [0.29, 0.717) is 5.69 Å². The number of thiazole rings is 1. The second-order valence-electron chi connectivity index (χ2n) is 3.80. The van der Waals surface area contributed by atoms with Crippen molar-refractivity contribution in [2.24, 2.45) is 0 Å². The van der Waals surface area contributed by atoms with Crippen LogP contribution in [-0.4, -0.2) is 17.1 Å². The highest BCUT2D eigenvalue weighted by Crippen LogP contribution is 2.34. The number of aromatic nitrogens is 2. The molecule has 3 rings (SSSR count). The molecule has 0 atom stereocenters. The van der Waals surface area contributed by atoms with E-state index in [9.17, 15) is 0 Å². The third kappa shape index (κ3) is 1.78. The van der Waals surface area contributed by atoms with Gasteiger partial charge in [0, 0.05) is 17.4 Å². The third-order valence-electron chi connectivity index (χ3n) is 2.66. The molecular weight excluding hydrogens is 246 g/mol. The number of nitrogens with zero attached hydrogens (tertiary/aromatic N) is 2. The van der Waals surface area contributed by atoms with Crippen LogP contribution in [-0.2, 0) is 0 Å². The number of nitrogen functional groups attached to an aromatic ring is 1. The number of anilines is 1. The summed E-state index contributed by atoms with van der Waals surface area (Å²) in [5, 5.41) is 0.861. The van der Waals surface area contributed by atoms with E-state index in [1.54, 1.807) is 13.3 Å². The number of pyridine rings is 1. The lowest BCUT2D eigenvalue weighted by atomic mass is 10.2. The van der Waals surface area contributed by atoms with Crippen molar-refractivity contribution < 1.29 is 4.74 Å². The van der Waals surface area contributed by atoms with E-state index in [2.05, 4.69) is 9.97 Å². The summed E-state index contributed by atoms with van der Waals surface area (Å²) in [6.45, 7) is 0. The topological polar surface area (TPSA) is 61.0 Å². The SMILES string of the molecule is COc1ccc(N)c(-c2nc3cccnc3s2)c1. The summed E-state index contributed by atoms with van der Waals surface area (Å²) < 4.78 is 5.21. The van der Waals surface area contributed by atoms with Crippen LogP contribution < -0.4 is 10.5 Å². The minimum atomic E-state index is 0.690. The lowest BCUT2D eigenvalue weighted by Gasteiger charge is -2.05. The van der Waals surface area contributed by atoms with Crippen LogP contribution in [0.25, 0.3) is 20.9 Å². The molecule has 0 saturated heterocycles. The maximum absolute atomic E-state index is 5.99. The van der Waals surface area contributed by atoms with E-state index in [-0.39, 0.29) is 0 Å². The molecule has 3 aromatic rings. The molecule has 18 heavy (non-hydrogen) atoms. The molecule has 0 radical (unpaired) electrons. The average molecular weight is 257 g/mol. The minimum absolute atomic E-state index is 0.690. The molecule has 0 aliphatic rings. The minimum Gasteiger partial charge on any atom is -0.497 e. The molecule has 0 amide bonds. The molecule has 2 heterocycles. The Balaban J connectivity index is 2.19. The van der Waals surface area contributed by atoms with Gasteiger partial charge in [-0.25, -0.2) is 9.97 Å². The van der Waals surface area contributed by atoms with E-state index in [1.807, 2.05) is 30.3 Å². The Bertz CT molecular complexity index is 675. The fourth-order valence-corrected chi connectivity index (χ4v) is 2.68. The number of ether oxygens (including phenoxy) is 1. The van der Waals surface area contributed by atoms with Gasteiger partial charge in [0.05, 0.1) is 7.11 Å². The van der Waals surface area contributed by atoms with Crippen LogP contribution >= 0.6 is 11.3 Å². The second-order valence-corrected chi connectivity index (χ2v) is 4.78. The molecule has 0 fully saturated rings. The number of nitrogens with two attached hydrogens (primary N) is 1. The quantitative estimate of drug-likeness (QED) is 0.717. The molecular formula is C13H11N3OS. The number of methoxy groups -OCH3 is 1. The maximum Gasteiger partial charge on any atom is 0.143 e. The lowest BCUT2D eigenvalue weighted by Crippen LogP contribution is -1.91. The first kappa shape index (κ1) is 11.0. The molecule has 0 spiro atoms. The Kier molecular flexibility index (Phi) is 2.60. The first-order chi connectivity index (χ1) is 8.78. The van der Waals surface area contributed by atoms with Gasteiger partial charge >= 0.3 is 0 Å². The summed E-state index contributed by atoms with van der Waals surface area (Å²) in [6.07, 6.45) is 1.76. The molecule has 5 heteroatoms. The van der Waals surface area contributed by atoms with Crippen LogP contribution in [0.3, 0.4) is 0 Å². The van der Waals surface area contributed by atoms with Gasteiger partial charge < -0.3 is 10.5 Å². The van der Waals surface area contributed by atoms with Gasteiger partial charge in [-0.15, -0.1) is 0 Å². The van der Waals surface area contributed by atoms with Crippen molar-refractivity contribution >= 4 is 27.4 Å². The van der Waals surface area contributed by atoms with Gasteiger partial charge in [0.25, 0.3) is 0 Å². The van der Waals surface area contributed by atoms with Crippen molar-refractivity contribution in [2.45, 2.75) is 0 Å². The van der Waals surface area contributed by atoms with Crippen LogP contribution in [0.2, 0.25) is 0 Å². The Labute approximate surface area is 108 Å². The van der Waals surface area contributed by atoms with Crippen LogP contribution in [0.15, 0.2) is 36.5 Å². The zero-order valence-electron chi connectivity index (χ0n) is 9.75. The van der Waals surface area contributed by atoms with E-state index >= 15 is 0 Å². The summed E-state index contributed by atoms with van der Waals surface area (Å²) in [7, 11) is 1.63. The fourth-order valence-electron chi connectivity index (χ4n) is 1.73. The molecule has 0 aliphatic heterocycles. The van der Waals surface area contributed by atoms with E-state index < -0.39 is 0 Å². The van der Waals surface area contributed by atoms with Gasteiger partial charge in [0.15, 0.2) is 0 Å². The van der Waals surface area contributed by atoms with Gasteiger partial charge in [0.2, 0.25) is 0 Å². The normalized spacial score (nSPS) is 10.7. The van der Waals surface area contributed by atoms with Crippen molar-refractivity contribution in [3.63, 3.8) is 0 Å². The Morgan fingerprint density at radius 3 is 2.94 bits per heavy atom. The van der Waals surface area contributed by atoms with Crippen LogP contribution in [0.4, 0.5) is 5.69 Å². The molecule has 0 bridgehead atoms. The Morgan fingerprint density at radius 1 is 1.28 bits per heavy atom. The van der Waals surface area contributed by atoms with Crippen molar-refractivity contribution in [1.82, 2.24) is 9.97 Å². The molecule has 90 valence electrons. The van der Waals surface area contributed by atoms with Crippen LogP contribution in [0.1, 0.15) is 0 Å². The smallest absolute Gasteiger partial charge is 0.143 e. The van der Waals surface area contributed by atoms with E-state index in [1.165, 1.54) is 11.3 Å². The Morgan fingerprint density at radius 2 is 2.17 bits per heavy atom. The number of rotatable bonds is 2. The lowest BCUT2D eigenvalue weighted by molar-refractivity contribution is 0.415. The summed E-state index contributed by atoms with van der Waals surface area (Å²) in [6, 6.07) is 9.38. The van der Waals surface area contributed by atoms with Gasteiger partial charge in [0.1, 0.15) is 21.1 Å². The number of benzene rings is 1. The van der Waals surface area contributed by atoms with E-state index in [0.717, 1.165) is 26.7 Å². The standard InChI is InChI=1S/C13H11N3OS/c1-17-8-4-5-10(14)9(7-8)12-16-11-3-2-6-15-13(11)18-12/h2-7H,14H2,1H3. The van der Waals surface area contributed by atoms with Gasteiger partial charge in [-0.05, 0) is 30.3 Å². The van der Waals surface area contributed by atoms with Crippen molar-refractivity contribution in [1.29, 1.82) is 0 Å². The average Bonchev–Trinajstić information content (AvgIpc) is 2.82. The summed E-state index contributed by atoms with van der Waals surface area (Å²) >= 11 is 1.53. The van der Waals surface area contributed by atoms with Gasteiger partial charge in [-0.1, -0.05) is 11.3 Å². The predicted molar refractivity (Wildman–Crippen MR) is 73.8 cm³/mol. The summed E-state index contributed by atoms with van der Waals surface area (Å²) in [4.78, 5) is 9.74. The third-order valence-corrected chi connectivity index (χ3v) is 3.67. The largest absolute Gasteiger partial charge is 0.497 e. The predicted octanol–water partition coefficient (Wildman–Crippen LogP) is 2.95. The van der Waals surface area contributed by atoms with E-state index in [4.69, 9.17) is 10.5 Å². The molecule has 4 nitrogen and oxygen atoms in total. The number of hydrogen-bond acceptors (Lipinski definition) is 5. The van der Waals surface area contributed by atoms with Crippen LogP contribution in [0, 0.1) is 0 Å². The molecule has 0 aliphatic carbocycles. The Hall–Kier alpha value is -2.14. The zero-order chi connectivity index (χ0) is 12.5. The van der Waals surface area contributed by atoms with Crippen molar-refractivity contribution in [3.05, 3.63) is 36.5 Å². The highest BCUT2D eigenvalue weighted by atomic mass is 32.1. The number of hydrogen-bond donors (Lipinski definition) is 1. The molecule has 1 aromatic carbocycles. The maximum atomic E-state index is 5.99. The summed E-state index contributed by atoms with van der Waals surface area (Å²) in [5.74, 6) is 0.770. The molecule has 2 aromatic heterocycles. The zero-order valence-corrected chi connectivity index (χ0v) is 10.6. The monoisotopic (exact) mass is 257 g/mol. The second kappa shape index (κ2) is 4.27. The number of fused-ring (bicyclic) bond motifs is 1. The molecule has 0 unspecified atom stereocenters. The summed E-state index contributed by atoms with van der Waals surface area (Å²) in [5.41, 5.74) is 8.45. The van der Waals surface area contributed by atoms with Crippen LogP contribution in [0.5, 0.6) is 5.75 Å². The van der Waals surface area contributed by atoms with Crippen molar-refractivity contribution in [2.75, 3.05) is 12.8 Å². The molecule has 0 saturated carbocycles. The first-order valence-corrected chi connectivity index (χ1v) is 6.25. The van der Waals surface area contributed by atoms with Gasteiger partial charge in [-0.3, -0.25) is 0 Å².